The van der Waals surface area contributed by atoms with E-state index in [2.05, 4.69) is 25.1 Å². The van der Waals surface area contributed by atoms with Gasteiger partial charge in [-0.3, -0.25) is 4.57 Å². The van der Waals surface area contributed by atoms with Gasteiger partial charge in [0.15, 0.2) is 27.3 Å². The second-order valence-corrected chi connectivity index (χ2v) is 12.0. The maximum Gasteiger partial charge on any atom is 0.187 e. The molecule has 0 bridgehead atoms. The van der Waals surface area contributed by atoms with Gasteiger partial charge in [0, 0.05) is 18.1 Å². The SMILES string of the molecule is COc1cccc(OC)c1-n1c(CS(=O)(=O)[C@H](C)[C@@H](OC(C)C)c2ncc(C)cn2)nnc1-c1cccc(C)n1. The molecule has 0 aliphatic carbocycles. The second-order valence-electron chi connectivity index (χ2n) is 9.69. The van der Waals surface area contributed by atoms with E-state index in [-0.39, 0.29) is 11.9 Å². The Hall–Kier alpha value is -3.90. The number of aryl methyl sites for hydroxylation is 2. The van der Waals surface area contributed by atoms with Gasteiger partial charge >= 0.3 is 0 Å². The Labute approximate surface area is 234 Å². The summed E-state index contributed by atoms with van der Waals surface area (Å²) in [6.45, 7) is 9.00. The summed E-state index contributed by atoms with van der Waals surface area (Å²) in [5, 5.41) is 7.71. The molecule has 0 radical (unpaired) electrons. The molecule has 0 saturated heterocycles. The molecule has 0 fully saturated rings. The topological polar surface area (TPSA) is 131 Å². The third-order valence-corrected chi connectivity index (χ3v) is 8.31. The lowest BCUT2D eigenvalue weighted by Gasteiger charge is -2.25. The van der Waals surface area contributed by atoms with Crippen molar-refractivity contribution in [1.29, 1.82) is 0 Å². The molecule has 11 nitrogen and oxygen atoms in total. The van der Waals surface area contributed by atoms with Crippen LogP contribution in [0.1, 0.15) is 49.8 Å². The fourth-order valence-electron chi connectivity index (χ4n) is 4.25. The largest absolute Gasteiger partial charge is 0.494 e. The van der Waals surface area contributed by atoms with Gasteiger partial charge in [0.05, 0.1) is 25.6 Å². The predicted octanol–water partition coefficient (Wildman–Crippen LogP) is 4.22. The zero-order chi connectivity index (χ0) is 29.0. The number of rotatable bonds is 11. The van der Waals surface area contributed by atoms with Gasteiger partial charge in [0.1, 0.15) is 34.7 Å². The number of methoxy groups -OCH3 is 2. The molecule has 212 valence electrons. The van der Waals surface area contributed by atoms with Gasteiger partial charge in [-0.25, -0.2) is 23.4 Å². The third kappa shape index (κ3) is 6.13. The van der Waals surface area contributed by atoms with Gasteiger partial charge in [-0.15, -0.1) is 10.2 Å². The number of nitrogens with zero attached hydrogens (tertiary/aromatic N) is 6. The first-order valence-electron chi connectivity index (χ1n) is 12.8. The van der Waals surface area contributed by atoms with Crippen molar-refractivity contribution in [1.82, 2.24) is 29.7 Å². The second kappa shape index (κ2) is 12.1. The monoisotopic (exact) mass is 566 g/mol. The molecular weight excluding hydrogens is 532 g/mol. The van der Waals surface area contributed by atoms with Crippen molar-refractivity contribution in [2.24, 2.45) is 0 Å². The third-order valence-electron chi connectivity index (χ3n) is 6.27. The van der Waals surface area contributed by atoms with Crippen LogP contribution in [-0.2, 0) is 20.3 Å². The Kier molecular flexibility index (Phi) is 8.79. The van der Waals surface area contributed by atoms with Crippen molar-refractivity contribution in [3.63, 3.8) is 0 Å². The average molecular weight is 567 g/mol. The molecule has 0 saturated carbocycles. The van der Waals surface area contributed by atoms with Crippen LogP contribution in [0.4, 0.5) is 0 Å². The van der Waals surface area contributed by atoms with Gasteiger partial charge in [-0.2, -0.15) is 0 Å². The molecule has 0 spiro atoms. The number of sulfone groups is 1. The van der Waals surface area contributed by atoms with E-state index in [1.807, 2.05) is 39.8 Å². The summed E-state index contributed by atoms with van der Waals surface area (Å²) in [5.41, 5.74) is 2.61. The molecule has 4 rings (SSSR count). The Morgan fingerprint density at radius 1 is 0.900 bits per heavy atom. The summed E-state index contributed by atoms with van der Waals surface area (Å²) in [7, 11) is -0.836. The number of hydrogen-bond acceptors (Lipinski definition) is 10. The molecule has 2 atom stereocenters. The van der Waals surface area contributed by atoms with Gasteiger partial charge < -0.3 is 14.2 Å². The van der Waals surface area contributed by atoms with Crippen LogP contribution in [0, 0.1) is 13.8 Å². The van der Waals surface area contributed by atoms with E-state index >= 15 is 0 Å². The number of para-hydroxylation sites is 1. The van der Waals surface area contributed by atoms with Crippen molar-refractivity contribution in [3.8, 4) is 28.7 Å². The van der Waals surface area contributed by atoms with E-state index in [9.17, 15) is 8.42 Å². The van der Waals surface area contributed by atoms with Crippen molar-refractivity contribution in [2.75, 3.05) is 14.2 Å². The fraction of sp³-hybridized carbons (Fsp3) is 0.393. The predicted molar refractivity (Wildman–Crippen MR) is 150 cm³/mol. The molecule has 0 aliphatic rings. The van der Waals surface area contributed by atoms with Gasteiger partial charge in [0.2, 0.25) is 0 Å². The highest BCUT2D eigenvalue weighted by atomic mass is 32.2. The average Bonchev–Trinajstić information content (AvgIpc) is 3.33. The Balaban J connectivity index is 1.85. The molecule has 4 aromatic rings. The Morgan fingerprint density at radius 2 is 1.52 bits per heavy atom. The van der Waals surface area contributed by atoms with E-state index in [4.69, 9.17) is 14.2 Å². The van der Waals surface area contributed by atoms with Crippen LogP contribution in [0.2, 0.25) is 0 Å². The standard InChI is InChI=1S/C28H34N6O5S/c1-17(2)39-26(27-29-14-18(3)15-30-27)20(5)40(35,36)16-24-32-33-28(21-11-8-10-19(4)31-21)34(24)25-22(37-6)12-9-13-23(25)38-7/h8-15,17,20,26H,16H2,1-7H3/t20-,26-/m1/s1. The minimum absolute atomic E-state index is 0.168. The Morgan fingerprint density at radius 3 is 2.10 bits per heavy atom. The number of ether oxygens (including phenoxy) is 3. The van der Waals surface area contributed by atoms with Gasteiger partial charge in [0.25, 0.3) is 0 Å². The molecule has 0 N–H and O–H groups in total. The normalized spacial score (nSPS) is 13.3. The lowest BCUT2D eigenvalue weighted by atomic mass is 10.2. The first-order valence-corrected chi connectivity index (χ1v) is 14.5. The van der Waals surface area contributed by atoms with Crippen LogP contribution in [0.5, 0.6) is 11.5 Å². The van der Waals surface area contributed by atoms with Crippen LogP contribution >= 0.6 is 0 Å². The number of pyridine rings is 1. The maximum atomic E-state index is 14.0. The molecule has 12 heteroatoms. The van der Waals surface area contributed by atoms with Crippen LogP contribution < -0.4 is 9.47 Å². The highest BCUT2D eigenvalue weighted by Gasteiger charge is 2.36. The number of benzene rings is 1. The molecule has 40 heavy (non-hydrogen) atoms. The van der Waals surface area contributed by atoms with Crippen LogP contribution in [0.15, 0.2) is 48.8 Å². The zero-order valence-electron chi connectivity index (χ0n) is 23.7. The van der Waals surface area contributed by atoms with Crippen molar-refractivity contribution >= 4 is 9.84 Å². The van der Waals surface area contributed by atoms with Crippen LogP contribution in [-0.4, -0.2) is 63.7 Å². The molecular formula is C28H34N6O5S. The highest BCUT2D eigenvalue weighted by Crippen LogP contribution is 2.37. The van der Waals surface area contributed by atoms with Crippen molar-refractivity contribution < 1.29 is 22.6 Å². The quantitative estimate of drug-likeness (QED) is 0.260. The minimum atomic E-state index is -3.89. The fourth-order valence-corrected chi connectivity index (χ4v) is 5.63. The van der Waals surface area contributed by atoms with Crippen LogP contribution in [0.25, 0.3) is 17.2 Å². The molecule has 3 heterocycles. The molecule has 0 amide bonds. The van der Waals surface area contributed by atoms with Crippen molar-refractivity contribution in [2.45, 2.75) is 57.8 Å². The van der Waals surface area contributed by atoms with Gasteiger partial charge in [-0.1, -0.05) is 12.1 Å². The smallest absolute Gasteiger partial charge is 0.187 e. The van der Waals surface area contributed by atoms with Gasteiger partial charge in [-0.05, 0) is 64.4 Å². The molecule has 3 aromatic heterocycles. The molecule has 1 aromatic carbocycles. The highest BCUT2D eigenvalue weighted by molar-refractivity contribution is 7.91. The number of hydrogen-bond donors (Lipinski definition) is 0. The lowest BCUT2D eigenvalue weighted by molar-refractivity contribution is 0.00141. The van der Waals surface area contributed by atoms with E-state index in [0.29, 0.717) is 34.5 Å². The van der Waals surface area contributed by atoms with Crippen LogP contribution in [0.3, 0.4) is 0 Å². The first-order chi connectivity index (χ1) is 19.1. The van der Waals surface area contributed by atoms with E-state index < -0.39 is 26.9 Å². The summed E-state index contributed by atoms with van der Waals surface area (Å²) in [5.74, 6) is 1.27. The molecule has 0 aliphatic heterocycles. The summed E-state index contributed by atoms with van der Waals surface area (Å²) < 4.78 is 46.9. The minimum Gasteiger partial charge on any atom is -0.494 e. The Bertz CT molecular complexity index is 1550. The van der Waals surface area contributed by atoms with E-state index in [1.54, 1.807) is 48.1 Å². The summed E-state index contributed by atoms with van der Waals surface area (Å²) in [6.07, 6.45) is 2.14. The molecule has 0 unspecified atom stereocenters. The van der Waals surface area contributed by atoms with Crippen molar-refractivity contribution in [3.05, 3.63) is 71.7 Å². The summed E-state index contributed by atoms with van der Waals surface area (Å²) >= 11 is 0. The zero-order valence-corrected chi connectivity index (χ0v) is 24.5. The summed E-state index contributed by atoms with van der Waals surface area (Å²) in [6, 6.07) is 10.8. The number of aromatic nitrogens is 6. The maximum absolute atomic E-state index is 14.0. The first kappa shape index (κ1) is 29.1. The van der Waals surface area contributed by atoms with E-state index in [0.717, 1.165) is 11.3 Å². The lowest BCUT2D eigenvalue weighted by Crippen LogP contribution is -2.32. The van der Waals surface area contributed by atoms with E-state index in [1.165, 1.54) is 14.2 Å². The summed E-state index contributed by atoms with van der Waals surface area (Å²) in [4.78, 5) is 13.3.